The van der Waals surface area contributed by atoms with Gasteiger partial charge in [-0.2, -0.15) is 10.1 Å². The molecule has 0 spiro atoms. The highest BCUT2D eigenvalue weighted by Gasteiger charge is 2.31. The number of halogens is 1. The number of piperidine rings is 1. The van der Waals surface area contributed by atoms with Crippen LogP contribution in [0.1, 0.15) is 30.7 Å². The summed E-state index contributed by atoms with van der Waals surface area (Å²) in [5.41, 5.74) is 2.16. The topological polar surface area (TPSA) is 59.2 Å². The Morgan fingerprint density at radius 3 is 2.93 bits per heavy atom. The van der Waals surface area contributed by atoms with Gasteiger partial charge in [-0.1, -0.05) is 28.9 Å². The van der Waals surface area contributed by atoms with Gasteiger partial charge in [-0.3, -0.25) is 0 Å². The van der Waals surface area contributed by atoms with Crippen LogP contribution in [-0.4, -0.2) is 37.7 Å². The normalized spacial score (nSPS) is 20.2. The highest BCUT2D eigenvalue weighted by Crippen LogP contribution is 2.36. The minimum atomic E-state index is 0.337. The van der Waals surface area contributed by atoms with Crippen LogP contribution in [0.2, 0.25) is 0 Å². The van der Waals surface area contributed by atoms with Crippen molar-refractivity contribution in [2.75, 3.05) is 18.0 Å². The van der Waals surface area contributed by atoms with Crippen LogP contribution in [0, 0.1) is 12.8 Å². The van der Waals surface area contributed by atoms with Crippen LogP contribution in [-0.2, 0) is 0 Å². The molecule has 142 valence electrons. The van der Waals surface area contributed by atoms with Gasteiger partial charge in [-0.15, -0.1) is 0 Å². The molecule has 3 aromatic heterocycles. The second-order valence-corrected chi connectivity index (χ2v) is 8.53. The average Bonchev–Trinajstić information content (AvgIpc) is 3.16. The first-order valence-electron chi connectivity index (χ1n) is 9.56. The summed E-state index contributed by atoms with van der Waals surface area (Å²) in [6.45, 7) is 6.25. The van der Waals surface area contributed by atoms with Crippen LogP contribution in [0.4, 0.5) is 5.82 Å². The van der Waals surface area contributed by atoms with E-state index in [-0.39, 0.29) is 0 Å². The lowest BCUT2D eigenvalue weighted by molar-refractivity contribution is 0.368. The number of nitrogens with zero attached hydrogens (tertiary/aromatic N) is 6. The van der Waals surface area contributed by atoms with Gasteiger partial charge in [0.25, 0.3) is 5.78 Å². The number of aromatic nitrogens is 5. The molecule has 28 heavy (non-hydrogen) atoms. The maximum Gasteiger partial charge on any atom is 0.252 e. The van der Waals surface area contributed by atoms with Crippen molar-refractivity contribution in [1.82, 2.24) is 24.6 Å². The summed E-state index contributed by atoms with van der Waals surface area (Å²) >= 11 is 3.61. The molecule has 0 amide bonds. The predicted molar refractivity (Wildman–Crippen MR) is 114 cm³/mol. The molecule has 1 aromatic carbocycles. The molecule has 7 heteroatoms. The van der Waals surface area contributed by atoms with Gasteiger partial charge in [0.1, 0.15) is 12.1 Å². The van der Waals surface area contributed by atoms with Crippen LogP contribution < -0.4 is 4.90 Å². The van der Waals surface area contributed by atoms with Gasteiger partial charge in [-0.05, 0) is 48.9 Å². The molecule has 2 atom stereocenters. The summed E-state index contributed by atoms with van der Waals surface area (Å²) < 4.78 is 2.97. The van der Waals surface area contributed by atoms with Gasteiger partial charge in [0, 0.05) is 40.8 Å². The van der Waals surface area contributed by atoms with Gasteiger partial charge in [-0.25, -0.2) is 14.5 Å². The Morgan fingerprint density at radius 2 is 2.04 bits per heavy atom. The molecule has 0 bridgehead atoms. The minimum absolute atomic E-state index is 0.337. The molecule has 0 unspecified atom stereocenters. The van der Waals surface area contributed by atoms with Crippen LogP contribution in [0.5, 0.6) is 0 Å². The molecule has 0 saturated carbocycles. The first kappa shape index (κ1) is 17.6. The largest absolute Gasteiger partial charge is 0.355 e. The maximum absolute atomic E-state index is 4.75. The fraction of sp³-hybridized carbons (Fsp3) is 0.333. The molecule has 5 rings (SSSR count). The second kappa shape index (κ2) is 6.81. The second-order valence-electron chi connectivity index (χ2n) is 7.61. The Labute approximate surface area is 171 Å². The molecule has 0 radical (unpaired) electrons. The van der Waals surface area contributed by atoms with Crippen molar-refractivity contribution in [1.29, 1.82) is 0 Å². The summed E-state index contributed by atoms with van der Waals surface area (Å²) in [4.78, 5) is 16.0. The smallest absolute Gasteiger partial charge is 0.252 e. The fourth-order valence-electron chi connectivity index (χ4n) is 4.25. The number of benzene rings is 1. The van der Waals surface area contributed by atoms with Crippen molar-refractivity contribution < 1.29 is 0 Å². The lowest BCUT2D eigenvalue weighted by Crippen LogP contribution is -2.39. The van der Waals surface area contributed by atoms with E-state index in [1.54, 1.807) is 6.33 Å². The predicted octanol–water partition coefficient (Wildman–Crippen LogP) is 4.37. The average molecular weight is 437 g/mol. The molecule has 1 aliphatic heterocycles. The monoisotopic (exact) mass is 436 g/mol. The third kappa shape index (κ3) is 2.94. The lowest BCUT2D eigenvalue weighted by Gasteiger charge is -2.38. The Balaban J connectivity index is 1.58. The molecule has 6 nitrogen and oxygen atoms in total. The van der Waals surface area contributed by atoms with Gasteiger partial charge < -0.3 is 4.90 Å². The zero-order valence-electron chi connectivity index (χ0n) is 15.9. The fourth-order valence-corrected chi connectivity index (χ4v) is 4.61. The van der Waals surface area contributed by atoms with Crippen molar-refractivity contribution in [3.8, 4) is 0 Å². The van der Waals surface area contributed by atoms with E-state index in [1.165, 1.54) is 16.5 Å². The standard InChI is InChI=1S/C21H21BrN6/c1-13-6-8-27(20-17-10-16(22)4-3-15(17)5-7-23-20)11-18(13)19-9-14(2)26-21-24-12-25-28(19)21/h3-5,7,9-10,12-13,18H,6,8,11H2,1-2H3/t13-,18-/m1/s1. The number of rotatable bonds is 2. The van der Waals surface area contributed by atoms with Crippen molar-refractivity contribution in [3.63, 3.8) is 0 Å². The molecule has 0 N–H and O–H groups in total. The number of anilines is 1. The summed E-state index contributed by atoms with van der Waals surface area (Å²) in [6, 6.07) is 10.6. The number of fused-ring (bicyclic) bond motifs is 2. The molecule has 4 aromatic rings. The Kier molecular flexibility index (Phi) is 4.27. The van der Waals surface area contributed by atoms with Crippen LogP contribution >= 0.6 is 15.9 Å². The van der Waals surface area contributed by atoms with E-state index in [9.17, 15) is 0 Å². The Hall–Kier alpha value is -2.54. The number of hydrogen-bond acceptors (Lipinski definition) is 5. The highest BCUT2D eigenvalue weighted by molar-refractivity contribution is 9.10. The summed E-state index contributed by atoms with van der Waals surface area (Å²) in [6.07, 6.45) is 4.60. The van der Waals surface area contributed by atoms with Crippen LogP contribution in [0.25, 0.3) is 16.6 Å². The molecular formula is C21H21BrN6. The van der Waals surface area contributed by atoms with Crippen LogP contribution in [0.3, 0.4) is 0 Å². The summed E-state index contributed by atoms with van der Waals surface area (Å²) in [5, 5.41) is 6.82. The van der Waals surface area contributed by atoms with Gasteiger partial charge in [0.15, 0.2) is 0 Å². The number of hydrogen-bond donors (Lipinski definition) is 0. The highest BCUT2D eigenvalue weighted by atomic mass is 79.9. The van der Waals surface area contributed by atoms with E-state index in [1.807, 2.05) is 17.6 Å². The SMILES string of the molecule is Cc1cc([C@@H]2CN(c3nccc4ccc(Br)cc34)CC[C@H]2C)n2ncnc2n1. The Morgan fingerprint density at radius 1 is 1.14 bits per heavy atom. The van der Waals surface area contributed by atoms with E-state index in [4.69, 9.17) is 4.98 Å². The molecular weight excluding hydrogens is 416 g/mol. The van der Waals surface area contributed by atoms with Gasteiger partial charge in [0.2, 0.25) is 0 Å². The first-order chi connectivity index (χ1) is 13.6. The zero-order chi connectivity index (χ0) is 19.3. The van der Waals surface area contributed by atoms with Gasteiger partial charge >= 0.3 is 0 Å². The van der Waals surface area contributed by atoms with Crippen molar-refractivity contribution in [2.24, 2.45) is 5.92 Å². The first-order valence-corrected chi connectivity index (χ1v) is 10.4. The quantitative estimate of drug-likeness (QED) is 0.466. The van der Waals surface area contributed by atoms with E-state index < -0.39 is 0 Å². The molecule has 1 aliphatic rings. The van der Waals surface area contributed by atoms with E-state index >= 15 is 0 Å². The molecule has 0 aliphatic carbocycles. The van der Waals surface area contributed by atoms with Crippen molar-refractivity contribution in [2.45, 2.75) is 26.2 Å². The van der Waals surface area contributed by atoms with E-state index in [2.05, 4.69) is 73.2 Å². The molecule has 1 fully saturated rings. The van der Waals surface area contributed by atoms with Crippen LogP contribution in [0.15, 0.2) is 47.3 Å². The lowest BCUT2D eigenvalue weighted by atomic mass is 9.84. The van der Waals surface area contributed by atoms with E-state index in [0.717, 1.165) is 35.5 Å². The summed E-state index contributed by atoms with van der Waals surface area (Å²) in [7, 11) is 0. The van der Waals surface area contributed by atoms with E-state index in [0.29, 0.717) is 17.6 Å². The minimum Gasteiger partial charge on any atom is -0.355 e. The third-order valence-corrected chi connectivity index (χ3v) is 6.25. The number of aryl methyl sites for hydroxylation is 1. The molecule has 4 heterocycles. The summed E-state index contributed by atoms with van der Waals surface area (Å²) in [5.74, 6) is 2.61. The third-order valence-electron chi connectivity index (χ3n) is 5.75. The zero-order valence-corrected chi connectivity index (χ0v) is 17.5. The molecule has 1 saturated heterocycles. The van der Waals surface area contributed by atoms with Crippen molar-refractivity contribution >= 4 is 38.3 Å². The van der Waals surface area contributed by atoms with Gasteiger partial charge in [0.05, 0.1) is 5.69 Å². The Bertz CT molecular complexity index is 1170. The number of pyridine rings is 1. The maximum atomic E-state index is 4.75. The van der Waals surface area contributed by atoms with Crippen molar-refractivity contribution in [3.05, 3.63) is 58.7 Å².